The number of aliphatic hydroxyl groups is 2. The minimum atomic E-state index is -0.510. The molecule has 0 spiro atoms. The van der Waals surface area contributed by atoms with Crippen molar-refractivity contribution in [3.05, 3.63) is 0 Å². The summed E-state index contributed by atoms with van der Waals surface area (Å²) in [5.74, 6) is -0.0150. The lowest BCUT2D eigenvalue weighted by Crippen LogP contribution is -2.47. The first-order valence-electron chi connectivity index (χ1n) is 4.14. The number of rotatable bonds is 1. The Morgan fingerprint density at radius 2 is 2.09 bits per heavy atom. The standard InChI is InChI=1S/C8H16O3/c1-3-6-7(9)4-11-5(2)8(6)10/h5-10H,3-4H2,1-2H3/t5?,6-,7-,8+/m1/s1. The van der Waals surface area contributed by atoms with Gasteiger partial charge in [-0.05, 0) is 13.3 Å². The molecule has 0 aliphatic carbocycles. The van der Waals surface area contributed by atoms with Gasteiger partial charge in [0.15, 0.2) is 0 Å². The Hall–Kier alpha value is -0.120. The molecule has 1 aliphatic heterocycles. The van der Waals surface area contributed by atoms with Gasteiger partial charge in [-0.15, -0.1) is 0 Å². The number of ether oxygens (including phenoxy) is 1. The summed E-state index contributed by atoms with van der Waals surface area (Å²) in [5, 5.41) is 18.9. The summed E-state index contributed by atoms with van der Waals surface area (Å²) in [4.78, 5) is 0. The van der Waals surface area contributed by atoms with Crippen molar-refractivity contribution in [2.75, 3.05) is 6.61 Å². The van der Waals surface area contributed by atoms with E-state index in [0.29, 0.717) is 6.61 Å². The average Bonchev–Trinajstić information content (AvgIpc) is 1.99. The Kier molecular flexibility index (Phi) is 2.87. The van der Waals surface area contributed by atoms with Gasteiger partial charge >= 0.3 is 0 Å². The molecule has 3 heteroatoms. The van der Waals surface area contributed by atoms with Crippen LogP contribution in [0.2, 0.25) is 0 Å². The van der Waals surface area contributed by atoms with Crippen molar-refractivity contribution < 1.29 is 14.9 Å². The van der Waals surface area contributed by atoms with Gasteiger partial charge in [-0.3, -0.25) is 0 Å². The molecule has 0 radical (unpaired) electrons. The van der Waals surface area contributed by atoms with Crippen LogP contribution in [0.15, 0.2) is 0 Å². The Labute approximate surface area is 67.0 Å². The van der Waals surface area contributed by atoms with Crippen molar-refractivity contribution in [2.24, 2.45) is 5.92 Å². The van der Waals surface area contributed by atoms with Gasteiger partial charge < -0.3 is 14.9 Å². The van der Waals surface area contributed by atoms with Gasteiger partial charge in [-0.1, -0.05) is 6.92 Å². The third-order valence-corrected chi connectivity index (χ3v) is 2.42. The van der Waals surface area contributed by atoms with Crippen LogP contribution >= 0.6 is 0 Å². The van der Waals surface area contributed by atoms with Crippen molar-refractivity contribution >= 4 is 0 Å². The van der Waals surface area contributed by atoms with Gasteiger partial charge in [0.05, 0.1) is 24.9 Å². The fourth-order valence-corrected chi connectivity index (χ4v) is 1.56. The van der Waals surface area contributed by atoms with Crippen LogP contribution in [0.3, 0.4) is 0 Å². The maximum Gasteiger partial charge on any atom is 0.0852 e. The summed E-state index contributed by atoms with van der Waals surface area (Å²) < 4.78 is 5.13. The minimum absolute atomic E-state index is 0.0150. The van der Waals surface area contributed by atoms with Gasteiger partial charge in [0.1, 0.15) is 0 Å². The number of aliphatic hydroxyl groups excluding tert-OH is 2. The molecule has 0 amide bonds. The van der Waals surface area contributed by atoms with E-state index in [-0.39, 0.29) is 12.0 Å². The van der Waals surface area contributed by atoms with Crippen LogP contribution in [0.1, 0.15) is 20.3 Å². The fourth-order valence-electron chi connectivity index (χ4n) is 1.56. The zero-order chi connectivity index (χ0) is 8.43. The Morgan fingerprint density at radius 1 is 1.45 bits per heavy atom. The largest absolute Gasteiger partial charge is 0.390 e. The molecule has 1 unspecified atom stereocenters. The van der Waals surface area contributed by atoms with E-state index < -0.39 is 12.2 Å². The Morgan fingerprint density at radius 3 is 2.55 bits per heavy atom. The summed E-state index contributed by atoms with van der Waals surface area (Å²) in [6.45, 7) is 4.16. The third kappa shape index (κ3) is 1.72. The highest BCUT2D eigenvalue weighted by Gasteiger charge is 2.34. The van der Waals surface area contributed by atoms with Gasteiger partial charge in [-0.25, -0.2) is 0 Å². The Bertz CT molecular complexity index is 127. The van der Waals surface area contributed by atoms with Crippen molar-refractivity contribution in [1.82, 2.24) is 0 Å². The van der Waals surface area contributed by atoms with Crippen molar-refractivity contribution in [2.45, 2.75) is 38.6 Å². The molecule has 1 aliphatic rings. The van der Waals surface area contributed by atoms with E-state index >= 15 is 0 Å². The van der Waals surface area contributed by atoms with Crippen molar-refractivity contribution in [3.8, 4) is 0 Å². The van der Waals surface area contributed by atoms with E-state index in [1.54, 1.807) is 0 Å². The van der Waals surface area contributed by atoms with Gasteiger partial charge in [0, 0.05) is 5.92 Å². The molecule has 0 bridgehead atoms. The molecule has 0 aromatic heterocycles. The van der Waals surface area contributed by atoms with Crippen molar-refractivity contribution in [1.29, 1.82) is 0 Å². The smallest absolute Gasteiger partial charge is 0.0852 e. The maximum absolute atomic E-state index is 9.52. The lowest BCUT2D eigenvalue weighted by Gasteiger charge is -2.36. The topological polar surface area (TPSA) is 49.7 Å². The number of hydrogen-bond donors (Lipinski definition) is 2. The summed E-state index contributed by atoms with van der Waals surface area (Å²) >= 11 is 0. The minimum Gasteiger partial charge on any atom is -0.390 e. The summed E-state index contributed by atoms with van der Waals surface area (Å²) in [5.41, 5.74) is 0. The maximum atomic E-state index is 9.52. The predicted molar refractivity (Wildman–Crippen MR) is 41.2 cm³/mol. The molecule has 1 fully saturated rings. The van der Waals surface area contributed by atoms with Gasteiger partial charge in [-0.2, -0.15) is 0 Å². The molecule has 1 heterocycles. The SMILES string of the molecule is CC[C@@H]1[C@H](O)COC(C)[C@@H]1O. The third-order valence-electron chi connectivity index (χ3n) is 2.42. The first-order chi connectivity index (χ1) is 5.16. The average molecular weight is 160 g/mol. The van der Waals surface area contributed by atoms with E-state index in [9.17, 15) is 10.2 Å². The van der Waals surface area contributed by atoms with Crippen LogP contribution in [0.25, 0.3) is 0 Å². The van der Waals surface area contributed by atoms with E-state index in [1.807, 2.05) is 13.8 Å². The zero-order valence-electron chi connectivity index (χ0n) is 7.03. The second-order valence-electron chi connectivity index (χ2n) is 3.17. The molecule has 3 nitrogen and oxygen atoms in total. The van der Waals surface area contributed by atoms with Crippen molar-refractivity contribution in [3.63, 3.8) is 0 Å². The molecule has 0 aromatic carbocycles. The van der Waals surface area contributed by atoms with Crippen LogP contribution in [0.5, 0.6) is 0 Å². The Balaban J connectivity index is 2.55. The lowest BCUT2D eigenvalue weighted by atomic mass is 9.88. The molecular weight excluding hydrogens is 144 g/mol. The zero-order valence-corrected chi connectivity index (χ0v) is 7.03. The van der Waals surface area contributed by atoms with Gasteiger partial charge in [0.25, 0.3) is 0 Å². The molecule has 0 aromatic rings. The second-order valence-corrected chi connectivity index (χ2v) is 3.17. The van der Waals surface area contributed by atoms with E-state index in [2.05, 4.69) is 0 Å². The molecule has 1 saturated heterocycles. The fraction of sp³-hybridized carbons (Fsp3) is 1.00. The van der Waals surface area contributed by atoms with E-state index in [4.69, 9.17) is 4.74 Å². The van der Waals surface area contributed by atoms with Crippen LogP contribution in [0, 0.1) is 5.92 Å². The van der Waals surface area contributed by atoms with Crippen LogP contribution in [-0.2, 0) is 4.74 Å². The highest BCUT2D eigenvalue weighted by atomic mass is 16.5. The summed E-state index contributed by atoms with van der Waals surface area (Å²) in [6, 6.07) is 0. The molecule has 4 atom stereocenters. The van der Waals surface area contributed by atoms with Crippen LogP contribution in [0.4, 0.5) is 0 Å². The normalized spacial score (nSPS) is 45.8. The van der Waals surface area contributed by atoms with Crippen LogP contribution < -0.4 is 0 Å². The molecule has 0 saturated carbocycles. The first-order valence-corrected chi connectivity index (χ1v) is 4.14. The predicted octanol–water partition coefficient (Wildman–Crippen LogP) is 0.153. The lowest BCUT2D eigenvalue weighted by molar-refractivity contribution is -0.153. The monoisotopic (exact) mass is 160 g/mol. The molecular formula is C8H16O3. The summed E-state index contributed by atoms with van der Waals surface area (Å²) in [6.07, 6.45) is -0.339. The van der Waals surface area contributed by atoms with Crippen LogP contribution in [-0.4, -0.2) is 35.1 Å². The molecule has 2 N–H and O–H groups in total. The second kappa shape index (κ2) is 3.52. The van der Waals surface area contributed by atoms with E-state index in [1.165, 1.54) is 0 Å². The first kappa shape index (κ1) is 8.97. The molecule has 1 rings (SSSR count). The molecule has 11 heavy (non-hydrogen) atoms. The summed E-state index contributed by atoms with van der Waals surface area (Å²) in [7, 11) is 0. The molecule has 66 valence electrons. The van der Waals surface area contributed by atoms with Gasteiger partial charge in [0.2, 0.25) is 0 Å². The van der Waals surface area contributed by atoms with E-state index in [0.717, 1.165) is 6.42 Å². The highest BCUT2D eigenvalue weighted by Crippen LogP contribution is 2.23. The quantitative estimate of drug-likeness (QED) is 0.574. The highest BCUT2D eigenvalue weighted by molar-refractivity contribution is 4.83. The number of hydrogen-bond acceptors (Lipinski definition) is 3.